The van der Waals surface area contributed by atoms with Crippen molar-refractivity contribution in [3.05, 3.63) is 58.9 Å². The second kappa shape index (κ2) is 7.45. The fourth-order valence-corrected chi connectivity index (χ4v) is 2.07. The molecule has 134 valence electrons. The highest BCUT2D eigenvalue weighted by atomic mass is 19.4. The van der Waals surface area contributed by atoms with Gasteiger partial charge in [-0.25, -0.2) is 4.98 Å². The molecule has 1 aromatic carbocycles. The maximum Gasteiger partial charge on any atom is 0.433 e. The lowest BCUT2D eigenvalue weighted by Gasteiger charge is -2.11. The maximum atomic E-state index is 12.6. The number of aryl methyl sites for hydroxylation is 1. The number of benzene rings is 1. The van der Waals surface area contributed by atoms with Crippen molar-refractivity contribution in [1.29, 1.82) is 0 Å². The molecule has 1 aromatic heterocycles. The Hall–Kier alpha value is -2.71. The van der Waals surface area contributed by atoms with Crippen LogP contribution in [-0.4, -0.2) is 17.5 Å². The Morgan fingerprint density at radius 2 is 1.96 bits per heavy atom. The third-order valence-electron chi connectivity index (χ3n) is 3.20. The molecule has 0 spiro atoms. The fraction of sp³-hybridized carbons (Fsp3) is 0.250. The van der Waals surface area contributed by atoms with Crippen LogP contribution in [0.25, 0.3) is 0 Å². The Balaban J connectivity index is 2.06. The first-order valence-corrected chi connectivity index (χ1v) is 7.03. The molecule has 2 rings (SSSR count). The number of nitrogens with zero attached hydrogens (tertiary/aromatic N) is 1. The van der Waals surface area contributed by atoms with E-state index in [-0.39, 0.29) is 23.6 Å². The van der Waals surface area contributed by atoms with Crippen LogP contribution in [0.4, 0.5) is 22.0 Å². The van der Waals surface area contributed by atoms with Crippen molar-refractivity contribution in [2.75, 3.05) is 0 Å². The molecule has 0 unspecified atom stereocenters. The van der Waals surface area contributed by atoms with Gasteiger partial charge < -0.3 is 10.1 Å². The number of nitrogens with one attached hydrogen (secondary N) is 1. The van der Waals surface area contributed by atoms with Crippen LogP contribution in [0.1, 0.15) is 27.3 Å². The minimum Gasteiger partial charge on any atom is -0.435 e. The molecule has 4 nitrogen and oxygen atoms in total. The summed E-state index contributed by atoms with van der Waals surface area (Å²) < 4.78 is 66.3. The number of rotatable bonds is 5. The molecule has 1 heterocycles. The quantitative estimate of drug-likeness (QED) is 0.822. The Bertz CT molecular complexity index is 762. The highest BCUT2D eigenvalue weighted by Crippen LogP contribution is 2.28. The first kappa shape index (κ1) is 18.6. The molecule has 9 heteroatoms. The number of amides is 1. The average Bonchev–Trinajstić information content (AvgIpc) is 2.51. The Kier molecular flexibility index (Phi) is 5.55. The molecule has 2 aromatic rings. The van der Waals surface area contributed by atoms with E-state index in [9.17, 15) is 26.7 Å². The van der Waals surface area contributed by atoms with Crippen LogP contribution in [0.5, 0.6) is 5.75 Å². The molecule has 0 radical (unpaired) electrons. The van der Waals surface area contributed by atoms with E-state index in [0.29, 0.717) is 5.56 Å². The summed E-state index contributed by atoms with van der Waals surface area (Å²) in [5, 5.41) is 2.49. The lowest BCUT2D eigenvalue weighted by molar-refractivity contribution is -0.141. The van der Waals surface area contributed by atoms with Gasteiger partial charge in [0.1, 0.15) is 11.4 Å². The van der Waals surface area contributed by atoms with E-state index in [1.54, 1.807) is 6.07 Å². The van der Waals surface area contributed by atoms with E-state index in [0.717, 1.165) is 12.1 Å². The van der Waals surface area contributed by atoms with Gasteiger partial charge in [-0.1, -0.05) is 12.1 Å². The third-order valence-corrected chi connectivity index (χ3v) is 3.20. The van der Waals surface area contributed by atoms with Crippen LogP contribution in [0.2, 0.25) is 0 Å². The normalized spacial score (nSPS) is 11.5. The topological polar surface area (TPSA) is 51.2 Å². The van der Waals surface area contributed by atoms with Crippen molar-refractivity contribution in [1.82, 2.24) is 10.3 Å². The van der Waals surface area contributed by atoms with E-state index in [4.69, 9.17) is 0 Å². The number of carbonyl (C=O) groups excluding carboxylic acids is 1. The molecule has 0 bridgehead atoms. The predicted molar refractivity (Wildman–Crippen MR) is 78.2 cm³/mol. The molecule has 0 aliphatic carbocycles. The number of aromatic nitrogens is 1. The molecule has 0 aliphatic heterocycles. The molecule has 1 N–H and O–H groups in total. The summed E-state index contributed by atoms with van der Waals surface area (Å²) in [7, 11) is 0. The van der Waals surface area contributed by atoms with Crippen LogP contribution < -0.4 is 10.1 Å². The number of halogens is 5. The van der Waals surface area contributed by atoms with Crippen LogP contribution >= 0.6 is 0 Å². The summed E-state index contributed by atoms with van der Waals surface area (Å²) >= 11 is 0. The minimum absolute atomic E-state index is 0.00650. The zero-order chi connectivity index (χ0) is 18.6. The zero-order valence-corrected chi connectivity index (χ0v) is 12.9. The number of hydrogen-bond donors (Lipinski definition) is 1. The van der Waals surface area contributed by atoms with Crippen LogP contribution in [0, 0.1) is 6.92 Å². The fourth-order valence-electron chi connectivity index (χ4n) is 2.07. The average molecular weight is 360 g/mol. The predicted octanol–water partition coefficient (Wildman–Crippen LogP) is 3.94. The Labute approximate surface area is 139 Å². The monoisotopic (exact) mass is 360 g/mol. The van der Waals surface area contributed by atoms with Crippen LogP contribution in [0.3, 0.4) is 0 Å². The number of ether oxygens (including phenoxy) is 1. The van der Waals surface area contributed by atoms with Gasteiger partial charge in [-0.15, -0.1) is 0 Å². The van der Waals surface area contributed by atoms with Gasteiger partial charge in [0, 0.05) is 6.54 Å². The van der Waals surface area contributed by atoms with Crippen molar-refractivity contribution in [2.24, 2.45) is 0 Å². The molecule has 0 saturated carbocycles. The smallest absolute Gasteiger partial charge is 0.433 e. The molecule has 0 fully saturated rings. The summed E-state index contributed by atoms with van der Waals surface area (Å²) in [6, 6.07) is 7.47. The van der Waals surface area contributed by atoms with Gasteiger partial charge in [-0.2, -0.15) is 22.0 Å². The van der Waals surface area contributed by atoms with E-state index < -0.39 is 24.4 Å². The first-order chi connectivity index (χ1) is 11.7. The highest BCUT2D eigenvalue weighted by molar-refractivity contribution is 5.95. The molecule has 0 saturated heterocycles. The van der Waals surface area contributed by atoms with Crippen molar-refractivity contribution in [3.8, 4) is 5.75 Å². The molecular weight excluding hydrogens is 347 g/mol. The van der Waals surface area contributed by atoms with E-state index in [2.05, 4.69) is 15.0 Å². The largest absolute Gasteiger partial charge is 0.435 e. The number of hydrogen-bond acceptors (Lipinski definition) is 3. The van der Waals surface area contributed by atoms with E-state index >= 15 is 0 Å². The van der Waals surface area contributed by atoms with Crippen molar-refractivity contribution < 1.29 is 31.5 Å². The number of carbonyl (C=O) groups is 1. The second-order valence-electron chi connectivity index (χ2n) is 5.04. The van der Waals surface area contributed by atoms with Gasteiger partial charge in [0.2, 0.25) is 0 Å². The zero-order valence-electron chi connectivity index (χ0n) is 12.9. The van der Waals surface area contributed by atoms with Crippen molar-refractivity contribution in [3.63, 3.8) is 0 Å². The summed E-state index contributed by atoms with van der Waals surface area (Å²) in [5.41, 5.74) is -0.669. The van der Waals surface area contributed by atoms with Gasteiger partial charge in [0.25, 0.3) is 5.91 Å². The third kappa shape index (κ3) is 5.13. The minimum atomic E-state index is -4.59. The van der Waals surface area contributed by atoms with Gasteiger partial charge in [0.05, 0.1) is 11.3 Å². The summed E-state index contributed by atoms with van der Waals surface area (Å²) in [6.07, 6.45) is -4.59. The van der Waals surface area contributed by atoms with Gasteiger partial charge in [0.15, 0.2) is 0 Å². The van der Waals surface area contributed by atoms with E-state index in [1.807, 2.05) is 0 Å². The number of alkyl halides is 5. The summed E-state index contributed by atoms with van der Waals surface area (Å²) in [5.74, 6) is -0.687. The molecular formula is C16H13F5N2O2. The van der Waals surface area contributed by atoms with Crippen molar-refractivity contribution in [2.45, 2.75) is 26.3 Å². The molecule has 0 aliphatic rings. The van der Waals surface area contributed by atoms with Crippen molar-refractivity contribution >= 4 is 5.91 Å². The van der Waals surface area contributed by atoms with Crippen LogP contribution in [-0.2, 0) is 12.7 Å². The summed E-state index contributed by atoms with van der Waals surface area (Å²) in [4.78, 5) is 15.5. The maximum absolute atomic E-state index is 12.6. The van der Waals surface area contributed by atoms with Crippen LogP contribution in [0.15, 0.2) is 36.4 Å². The highest BCUT2D eigenvalue weighted by Gasteiger charge is 2.33. The van der Waals surface area contributed by atoms with Gasteiger partial charge in [-0.05, 0) is 36.8 Å². The molecule has 0 atom stereocenters. The summed E-state index contributed by atoms with van der Waals surface area (Å²) in [6.45, 7) is -1.69. The standard InChI is InChI=1S/C16H13F5N2O2/c1-9-12(5-6-13(23-9)16(19,20)21)14(24)22-8-10-3-2-4-11(7-10)25-15(17)18/h2-7,15H,8H2,1H3,(H,22,24). The Morgan fingerprint density at radius 3 is 2.56 bits per heavy atom. The number of pyridine rings is 1. The van der Waals surface area contributed by atoms with E-state index in [1.165, 1.54) is 25.1 Å². The Morgan fingerprint density at radius 1 is 1.24 bits per heavy atom. The SMILES string of the molecule is Cc1nc(C(F)(F)F)ccc1C(=O)NCc1cccc(OC(F)F)c1. The second-order valence-corrected chi connectivity index (χ2v) is 5.04. The van der Waals surface area contributed by atoms with Gasteiger partial charge in [-0.3, -0.25) is 4.79 Å². The first-order valence-electron chi connectivity index (χ1n) is 7.03. The van der Waals surface area contributed by atoms with Gasteiger partial charge >= 0.3 is 12.8 Å². The lowest BCUT2D eigenvalue weighted by atomic mass is 10.1. The molecule has 25 heavy (non-hydrogen) atoms. The lowest BCUT2D eigenvalue weighted by Crippen LogP contribution is -2.24. The molecule has 1 amide bonds.